The number of carboxylic acids is 2. The van der Waals surface area contributed by atoms with Crippen LogP contribution >= 0.6 is 0 Å². The summed E-state index contributed by atoms with van der Waals surface area (Å²) in [5, 5.41) is 21.8. The number of aldehydes is 1. The smallest absolute Gasteiger partial charge is 0.326 e. The first-order valence-electron chi connectivity index (χ1n) is 6.02. The summed E-state index contributed by atoms with van der Waals surface area (Å²) in [6.07, 6.45) is -0.149. The maximum absolute atomic E-state index is 11.5. The molecule has 118 valence electrons. The van der Waals surface area contributed by atoms with Crippen molar-refractivity contribution >= 4 is 30.2 Å². The van der Waals surface area contributed by atoms with Crippen LogP contribution in [0.2, 0.25) is 0 Å². The van der Waals surface area contributed by atoms with Crippen molar-refractivity contribution in [1.29, 1.82) is 0 Å². The molecule has 0 aliphatic heterocycles. The van der Waals surface area contributed by atoms with E-state index in [4.69, 9.17) is 15.9 Å². The van der Waals surface area contributed by atoms with Gasteiger partial charge in [-0.05, 0) is 12.8 Å². The zero-order valence-electron chi connectivity index (χ0n) is 11.1. The third-order valence-electron chi connectivity index (χ3n) is 2.46. The second kappa shape index (κ2) is 9.28. The fraction of sp³-hybridized carbons (Fsp3) is 0.545. The molecule has 6 N–H and O–H groups in total. The van der Waals surface area contributed by atoms with Crippen LogP contribution in [0.1, 0.15) is 25.7 Å². The number of hydrogen-bond acceptors (Lipinski definition) is 5. The Labute approximate surface area is 119 Å². The molecule has 0 aliphatic rings. The molecule has 10 heteroatoms. The third kappa shape index (κ3) is 8.18. The predicted octanol–water partition coefficient (Wildman–Crippen LogP) is -1.56. The molecule has 0 spiro atoms. The number of amides is 3. The summed E-state index contributed by atoms with van der Waals surface area (Å²) in [7, 11) is 0. The Hall–Kier alpha value is -2.65. The number of carboxylic acid groups (broad SMARTS) is 2. The lowest BCUT2D eigenvalue weighted by atomic mass is 10.1. The SMILES string of the molecule is NC(=O)CCC(NC(=O)NC(CCC=O)C(=O)O)C(=O)O. The molecule has 0 aromatic heterocycles. The Morgan fingerprint density at radius 2 is 1.48 bits per heavy atom. The Balaban J connectivity index is 4.52. The summed E-state index contributed by atoms with van der Waals surface area (Å²) in [5.74, 6) is -3.46. The van der Waals surface area contributed by atoms with Crippen molar-refractivity contribution in [3.8, 4) is 0 Å². The van der Waals surface area contributed by atoms with E-state index in [0.29, 0.717) is 6.29 Å². The van der Waals surface area contributed by atoms with Crippen molar-refractivity contribution in [3.63, 3.8) is 0 Å². The number of carbonyl (C=O) groups is 5. The van der Waals surface area contributed by atoms with Crippen molar-refractivity contribution < 1.29 is 34.2 Å². The third-order valence-corrected chi connectivity index (χ3v) is 2.46. The number of rotatable bonds is 10. The Kier molecular flexibility index (Phi) is 8.11. The molecular weight excluding hydrogens is 286 g/mol. The average Bonchev–Trinajstić information content (AvgIpc) is 2.38. The highest BCUT2D eigenvalue weighted by atomic mass is 16.4. The van der Waals surface area contributed by atoms with Crippen LogP contribution in [0.25, 0.3) is 0 Å². The molecule has 0 aliphatic carbocycles. The van der Waals surface area contributed by atoms with E-state index in [9.17, 15) is 24.0 Å². The number of nitrogens with two attached hydrogens (primary N) is 1. The van der Waals surface area contributed by atoms with E-state index in [-0.39, 0.29) is 25.7 Å². The zero-order chi connectivity index (χ0) is 16.4. The number of carbonyl (C=O) groups excluding carboxylic acids is 3. The van der Waals surface area contributed by atoms with Crippen molar-refractivity contribution in [2.24, 2.45) is 5.73 Å². The normalized spacial score (nSPS) is 12.8. The van der Waals surface area contributed by atoms with Crippen molar-refractivity contribution in [1.82, 2.24) is 10.6 Å². The Morgan fingerprint density at radius 1 is 1.00 bits per heavy atom. The minimum Gasteiger partial charge on any atom is -0.480 e. The molecule has 0 rings (SSSR count). The second-order valence-corrected chi connectivity index (χ2v) is 4.15. The van der Waals surface area contributed by atoms with Gasteiger partial charge in [0.15, 0.2) is 0 Å². The van der Waals surface area contributed by atoms with Crippen LogP contribution in [0.3, 0.4) is 0 Å². The van der Waals surface area contributed by atoms with Crippen LogP contribution in [0, 0.1) is 0 Å². The highest BCUT2D eigenvalue weighted by Crippen LogP contribution is 1.99. The van der Waals surface area contributed by atoms with Gasteiger partial charge in [0.25, 0.3) is 0 Å². The van der Waals surface area contributed by atoms with E-state index >= 15 is 0 Å². The topological polar surface area (TPSA) is 176 Å². The largest absolute Gasteiger partial charge is 0.480 e. The van der Waals surface area contributed by atoms with E-state index in [1.807, 2.05) is 10.6 Å². The minimum atomic E-state index is -1.38. The van der Waals surface area contributed by atoms with E-state index in [1.165, 1.54) is 0 Å². The number of aliphatic carboxylic acids is 2. The van der Waals surface area contributed by atoms with Gasteiger partial charge in [-0.2, -0.15) is 0 Å². The summed E-state index contributed by atoms with van der Waals surface area (Å²) in [4.78, 5) is 54.0. The first-order valence-corrected chi connectivity index (χ1v) is 6.02. The molecular formula is C11H17N3O7. The summed E-state index contributed by atoms with van der Waals surface area (Å²) < 4.78 is 0. The number of hydrogen-bond donors (Lipinski definition) is 5. The van der Waals surface area contributed by atoms with E-state index in [1.54, 1.807) is 0 Å². The van der Waals surface area contributed by atoms with E-state index < -0.39 is 36.0 Å². The van der Waals surface area contributed by atoms with Crippen LogP contribution in [0.4, 0.5) is 4.79 Å². The first kappa shape index (κ1) is 18.4. The second-order valence-electron chi connectivity index (χ2n) is 4.15. The summed E-state index contributed by atoms with van der Waals surface area (Å²) in [5.41, 5.74) is 4.88. The van der Waals surface area contributed by atoms with Gasteiger partial charge in [0, 0.05) is 12.8 Å². The van der Waals surface area contributed by atoms with Gasteiger partial charge in [-0.25, -0.2) is 14.4 Å². The molecule has 21 heavy (non-hydrogen) atoms. The van der Waals surface area contributed by atoms with Gasteiger partial charge in [-0.3, -0.25) is 4.79 Å². The summed E-state index contributed by atoms with van der Waals surface area (Å²) in [6.45, 7) is 0. The van der Waals surface area contributed by atoms with Crippen LogP contribution in [-0.4, -0.2) is 52.5 Å². The predicted molar refractivity (Wildman–Crippen MR) is 68.2 cm³/mol. The fourth-order valence-corrected chi connectivity index (χ4v) is 1.39. The van der Waals surface area contributed by atoms with Gasteiger partial charge in [-0.1, -0.05) is 0 Å². The molecule has 0 saturated carbocycles. The van der Waals surface area contributed by atoms with Crippen LogP contribution in [0.5, 0.6) is 0 Å². The van der Waals surface area contributed by atoms with Crippen LogP contribution in [0.15, 0.2) is 0 Å². The van der Waals surface area contributed by atoms with Crippen LogP contribution < -0.4 is 16.4 Å². The minimum absolute atomic E-state index is 0.0682. The van der Waals surface area contributed by atoms with Gasteiger partial charge < -0.3 is 31.4 Å². The van der Waals surface area contributed by atoms with Gasteiger partial charge >= 0.3 is 18.0 Å². The standard InChI is InChI=1S/C11H17N3O7/c12-8(16)4-3-7(10(19)20)14-11(21)13-6(9(17)18)2-1-5-15/h5-7H,1-4H2,(H2,12,16)(H,17,18)(H,19,20)(H2,13,14,21). The fourth-order valence-electron chi connectivity index (χ4n) is 1.39. The van der Waals surface area contributed by atoms with E-state index in [2.05, 4.69) is 0 Å². The lowest BCUT2D eigenvalue weighted by molar-refractivity contribution is -0.139. The number of primary amides is 1. The van der Waals surface area contributed by atoms with Gasteiger partial charge in [0.2, 0.25) is 5.91 Å². The summed E-state index contributed by atoms with van der Waals surface area (Å²) >= 11 is 0. The van der Waals surface area contributed by atoms with Crippen molar-refractivity contribution in [2.75, 3.05) is 0 Å². The molecule has 3 amide bonds. The monoisotopic (exact) mass is 303 g/mol. The Bertz CT molecular complexity index is 424. The molecule has 2 unspecified atom stereocenters. The maximum atomic E-state index is 11.5. The molecule has 0 saturated heterocycles. The van der Waals surface area contributed by atoms with Crippen LogP contribution in [-0.2, 0) is 19.2 Å². The first-order chi connectivity index (χ1) is 9.77. The molecule has 0 heterocycles. The summed E-state index contributed by atoms with van der Waals surface area (Å²) in [6, 6.07) is -3.72. The molecule has 0 aromatic carbocycles. The molecule has 2 atom stereocenters. The quantitative estimate of drug-likeness (QED) is 0.303. The molecule has 0 fully saturated rings. The average molecular weight is 303 g/mol. The molecule has 0 aromatic rings. The molecule has 0 bridgehead atoms. The maximum Gasteiger partial charge on any atom is 0.326 e. The van der Waals surface area contributed by atoms with Gasteiger partial charge in [0.1, 0.15) is 18.4 Å². The lowest BCUT2D eigenvalue weighted by Crippen LogP contribution is -2.51. The van der Waals surface area contributed by atoms with Gasteiger partial charge in [0.05, 0.1) is 0 Å². The number of urea groups is 1. The number of nitrogens with one attached hydrogen (secondary N) is 2. The van der Waals surface area contributed by atoms with Gasteiger partial charge in [-0.15, -0.1) is 0 Å². The molecule has 10 nitrogen and oxygen atoms in total. The van der Waals surface area contributed by atoms with Crippen molar-refractivity contribution in [3.05, 3.63) is 0 Å². The Morgan fingerprint density at radius 3 is 1.86 bits per heavy atom. The molecule has 0 radical (unpaired) electrons. The lowest BCUT2D eigenvalue weighted by Gasteiger charge is -2.17. The highest BCUT2D eigenvalue weighted by Gasteiger charge is 2.24. The zero-order valence-corrected chi connectivity index (χ0v) is 11.1. The highest BCUT2D eigenvalue weighted by molar-refractivity contribution is 5.86. The van der Waals surface area contributed by atoms with Crippen molar-refractivity contribution in [2.45, 2.75) is 37.8 Å². The van der Waals surface area contributed by atoms with E-state index in [0.717, 1.165) is 0 Å².